The summed E-state index contributed by atoms with van der Waals surface area (Å²) < 4.78 is 36.6. The number of carbonyl (C=O) groups is 2. The zero-order valence-corrected chi connectivity index (χ0v) is 7.62. The normalized spacial score (nSPS) is 33.8. The molecular formula is C8H9F3N2O2. The lowest BCUT2D eigenvalue weighted by Gasteiger charge is -2.25. The lowest BCUT2D eigenvalue weighted by Crippen LogP contribution is -2.50. The first kappa shape index (κ1) is 10.3. The number of amides is 2. The minimum atomic E-state index is -4.93. The van der Waals surface area contributed by atoms with Crippen molar-refractivity contribution in [1.29, 1.82) is 0 Å². The summed E-state index contributed by atoms with van der Waals surface area (Å²) in [5.74, 6) is -2.79. The van der Waals surface area contributed by atoms with Crippen molar-refractivity contribution in [2.45, 2.75) is 31.1 Å². The Morgan fingerprint density at radius 1 is 1.27 bits per heavy atom. The molecule has 2 amide bonds. The van der Waals surface area contributed by atoms with Crippen molar-refractivity contribution < 1.29 is 22.8 Å². The van der Waals surface area contributed by atoms with Crippen LogP contribution in [0, 0.1) is 5.92 Å². The Labute approximate surface area is 83.2 Å². The highest BCUT2D eigenvalue weighted by Crippen LogP contribution is 2.48. The van der Waals surface area contributed by atoms with Gasteiger partial charge in [-0.2, -0.15) is 13.2 Å². The van der Waals surface area contributed by atoms with Gasteiger partial charge in [-0.15, -0.1) is 0 Å². The van der Waals surface area contributed by atoms with Gasteiger partial charge in [0.25, 0.3) is 0 Å². The van der Waals surface area contributed by atoms with Gasteiger partial charge in [-0.25, -0.2) is 0 Å². The van der Waals surface area contributed by atoms with Crippen LogP contribution in [-0.4, -0.2) is 35.0 Å². The number of likely N-dealkylation sites (tertiary alicyclic amines) is 1. The van der Waals surface area contributed by atoms with Crippen LogP contribution in [0.3, 0.4) is 0 Å². The molecule has 7 heteroatoms. The zero-order valence-electron chi connectivity index (χ0n) is 7.62. The maximum absolute atomic E-state index is 12.2. The fourth-order valence-corrected chi connectivity index (χ4v) is 2.15. The van der Waals surface area contributed by atoms with Crippen LogP contribution in [0.15, 0.2) is 0 Å². The summed E-state index contributed by atoms with van der Waals surface area (Å²) in [7, 11) is 0. The largest absolute Gasteiger partial charge is 0.471 e. The van der Waals surface area contributed by atoms with E-state index in [2.05, 4.69) is 0 Å². The average Bonchev–Trinajstić information content (AvgIpc) is 2.75. The Hall–Kier alpha value is -1.27. The number of nitrogens with zero attached hydrogens (tertiary/aromatic N) is 1. The Balaban J connectivity index is 2.19. The summed E-state index contributed by atoms with van der Waals surface area (Å²) in [4.78, 5) is 22.5. The van der Waals surface area contributed by atoms with Gasteiger partial charge < -0.3 is 10.6 Å². The maximum Gasteiger partial charge on any atom is 0.471 e. The molecule has 0 spiro atoms. The van der Waals surface area contributed by atoms with Gasteiger partial charge in [-0.05, 0) is 18.8 Å². The predicted molar refractivity (Wildman–Crippen MR) is 42.4 cm³/mol. The highest BCUT2D eigenvalue weighted by atomic mass is 19.4. The van der Waals surface area contributed by atoms with Crippen molar-refractivity contribution in [1.82, 2.24) is 4.90 Å². The molecule has 0 aromatic rings. The molecule has 1 saturated heterocycles. The third-order valence-electron chi connectivity index (χ3n) is 2.91. The molecule has 84 valence electrons. The fourth-order valence-electron chi connectivity index (χ4n) is 2.15. The minimum absolute atomic E-state index is 0.0220. The number of hydrogen-bond donors (Lipinski definition) is 1. The second kappa shape index (κ2) is 2.86. The van der Waals surface area contributed by atoms with Gasteiger partial charge >= 0.3 is 12.1 Å². The molecule has 1 heterocycles. The van der Waals surface area contributed by atoms with E-state index in [0.717, 1.165) is 0 Å². The summed E-state index contributed by atoms with van der Waals surface area (Å²) in [5.41, 5.74) is 4.95. The third kappa shape index (κ3) is 1.55. The number of hydrogen-bond acceptors (Lipinski definition) is 2. The summed E-state index contributed by atoms with van der Waals surface area (Å²) in [5, 5.41) is 0. The molecule has 0 radical (unpaired) electrons. The molecule has 3 unspecified atom stereocenters. The first-order valence-corrected chi connectivity index (χ1v) is 4.51. The van der Waals surface area contributed by atoms with E-state index in [1.165, 1.54) is 0 Å². The van der Waals surface area contributed by atoms with Gasteiger partial charge in [-0.3, -0.25) is 9.59 Å². The highest BCUT2D eigenvalue weighted by Gasteiger charge is 2.60. The van der Waals surface area contributed by atoms with E-state index in [4.69, 9.17) is 5.73 Å². The monoisotopic (exact) mass is 222 g/mol. The number of alkyl halides is 3. The maximum atomic E-state index is 12.2. The predicted octanol–water partition coefficient (Wildman–Crippen LogP) is 0.0234. The Bertz CT molecular complexity index is 328. The number of rotatable bonds is 1. The third-order valence-corrected chi connectivity index (χ3v) is 2.91. The van der Waals surface area contributed by atoms with Crippen LogP contribution < -0.4 is 5.73 Å². The molecule has 1 aliphatic heterocycles. The van der Waals surface area contributed by atoms with Gasteiger partial charge in [-0.1, -0.05) is 0 Å². The second-order valence-electron chi connectivity index (χ2n) is 3.93. The molecular weight excluding hydrogens is 213 g/mol. The van der Waals surface area contributed by atoms with Gasteiger partial charge in [0.1, 0.15) is 6.04 Å². The molecule has 2 aliphatic rings. The summed E-state index contributed by atoms with van der Waals surface area (Å²) in [6.45, 7) is 0. The van der Waals surface area contributed by atoms with Crippen LogP contribution in [0.5, 0.6) is 0 Å². The number of piperidine rings is 1. The van der Waals surface area contributed by atoms with Crippen molar-refractivity contribution >= 4 is 11.8 Å². The van der Waals surface area contributed by atoms with Crippen LogP contribution in [0.4, 0.5) is 13.2 Å². The summed E-state index contributed by atoms with van der Waals surface area (Å²) in [6.07, 6.45) is -4.11. The molecule has 1 aliphatic carbocycles. The van der Waals surface area contributed by atoms with E-state index in [1.54, 1.807) is 0 Å². The smallest absolute Gasteiger partial charge is 0.368 e. The Morgan fingerprint density at radius 3 is 2.33 bits per heavy atom. The van der Waals surface area contributed by atoms with Crippen LogP contribution in [0.2, 0.25) is 0 Å². The van der Waals surface area contributed by atoms with Crippen molar-refractivity contribution in [3.8, 4) is 0 Å². The van der Waals surface area contributed by atoms with Gasteiger partial charge in [0, 0.05) is 6.04 Å². The number of primary amides is 1. The molecule has 0 aromatic heterocycles. The minimum Gasteiger partial charge on any atom is -0.368 e. The highest BCUT2D eigenvalue weighted by molar-refractivity contribution is 5.90. The number of fused-ring (bicyclic) bond motifs is 1. The van der Waals surface area contributed by atoms with Crippen LogP contribution in [-0.2, 0) is 9.59 Å². The van der Waals surface area contributed by atoms with E-state index in [1.807, 2.05) is 0 Å². The van der Waals surface area contributed by atoms with Gasteiger partial charge in [0.05, 0.1) is 0 Å². The van der Waals surface area contributed by atoms with Crippen LogP contribution >= 0.6 is 0 Å². The first-order valence-electron chi connectivity index (χ1n) is 4.51. The summed E-state index contributed by atoms with van der Waals surface area (Å²) >= 11 is 0. The fraction of sp³-hybridized carbons (Fsp3) is 0.750. The Morgan fingerprint density at radius 2 is 1.87 bits per heavy atom. The van der Waals surface area contributed by atoms with Crippen molar-refractivity contribution in [2.24, 2.45) is 11.7 Å². The zero-order chi connectivity index (χ0) is 11.4. The van der Waals surface area contributed by atoms with Gasteiger partial charge in [0.15, 0.2) is 0 Å². The first-order chi connectivity index (χ1) is 6.82. The van der Waals surface area contributed by atoms with Crippen molar-refractivity contribution in [3.05, 3.63) is 0 Å². The second-order valence-corrected chi connectivity index (χ2v) is 3.93. The molecule has 4 nitrogen and oxygen atoms in total. The van der Waals surface area contributed by atoms with Crippen LogP contribution in [0.25, 0.3) is 0 Å². The molecule has 2 rings (SSSR count). The lowest BCUT2D eigenvalue weighted by molar-refractivity contribution is -0.187. The SMILES string of the molecule is NC(=O)C1CC2CC2N1C(=O)C(F)(F)F. The van der Waals surface area contributed by atoms with Crippen molar-refractivity contribution in [3.63, 3.8) is 0 Å². The molecule has 15 heavy (non-hydrogen) atoms. The number of carbonyl (C=O) groups excluding carboxylic acids is 2. The van der Waals surface area contributed by atoms with E-state index in [9.17, 15) is 22.8 Å². The van der Waals surface area contributed by atoms with Crippen LogP contribution in [0.1, 0.15) is 12.8 Å². The molecule has 0 aromatic carbocycles. The lowest BCUT2D eigenvalue weighted by atomic mass is 10.1. The molecule has 0 bridgehead atoms. The molecule has 2 N–H and O–H groups in total. The average molecular weight is 222 g/mol. The molecule has 1 saturated carbocycles. The number of nitrogens with two attached hydrogens (primary N) is 1. The summed E-state index contributed by atoms with van der Waals surface area (Å²) in [6, 6.07) is -1.51. The van der Waals surface area contributed by atoms with Crippen molar-refractivity contribution in [2.75, 3.05) is 0 Å². The topological polar surface area (TPSA) is 63.4 Å². The molecule has 2 fully saturated rings. The standard InChI is InChI=1S/C8H9F3N2O2/c9-8(10,11)7(15)13-4-1-3(4)2-5(13)6(12)14/h3-5H,1-2H2,(H2,12,14). The number of halogens is 3. The van der Waals surface area contributed by atoms with E-state index >= 15 is 0 Å². The van der Waals surface area contributed by atoms with E-state index < -0.39 is 30.1 Å². The van der Waals surface area contributed by atoms with Gasteiger partial charge in [0.2, 0.25) is 5.91 Å². The molecule has 3 atom stereocenters. The quantitative estimate of drug-likeness (QED) is 0.680. The Kier molecular flexibility index (Phi) is 1.96. The van der Waals surface area contributed by atoms with E-state index in [0.29, 0.717) is 11.3 Å². The van der Waals surface area contributed by atoms with E-state index in [-0.39, 0.29) is 12.3 Å².